The van der Waals surface area contributed by atoms with Crippen LogP contribution in [0.4, 0.5) is 0 Å². The van der Waals surface area contributed by atoms with Gasteiger partial charge in [-0.1, -0.05) is 27.7 Å². The summed E-state index contributed by atoms with van der Waals surface area (Å²) in [5.41, 5.74) is 11.7. The van der Waals surface area contributed by atoms with Gasteiger partial charge in [0.25, 0.3) is 0 Å². The van der Waals surface area contributed by atoms with Crippen molar-refractivity contribution < 1.29 is 0 Å². The van der Waals surface area contributed by atoms with Crippen LogP contribution in [0.25, 0.3) is 0 Å². The van der Waals surface area contributed by atoms with E-state index in [0.717, 1.165) is 13.0 Å². The van der Waals surface area contributed by atoms with Crippen molar-refractivity contribution in [2.75, 3.05) is 6.54 Å². The lowest BCUT2D eigenvalue weighted by Crippen LogP contribution is -2.37. The maximum Gasteiger partial charge on any atom is 0.00906 e. The van der Waals surface area contributed by atoms with Crippen molar-refractivity contribution in [2.24, 2.45) is 22.8 Å². The van der Waals surface area contributed by atoms with Gasteiger partial charge >= 0.3 is 0 Å². The summed E-state index contributed by atoms with van der Waals surface area (Å²) in [4.78, 5) is 0. The van der Waals surface area contributed by atoms with Crippen LogP contribution in [0.5, 0.6) is 0 Å². The normalized spacial score (nSPS) is 18.0. The topological polar surface area (TPSA) is 52.0 Å². The second-order valence-electron chi connectivity index (χ2n) is 4.55. The van der Waals surface area contributed by atoms with Crippen molar-refractivity contribution in [3.05, 3.63) is 0 Å². The summed E-state index contributed by atoms with van der Waals surface area (Å²) >= 11 is 0. The Balaban J connectivity index is 3.77. The quantitative estimate of drug-likeness (QED) is 0.651. The first kappa shape index (κ1) is 10.9. The molecule has 0 aromatic heterocycles. The summed E-state index contributed by atoms with van der Waals surface area (Å²) in [7, 11) is 0. The fraction of sp³-hybridized carbons (Fsp3) is 1.00. The van der Waals surface area contributed by atoms with Crippen molar-refractivity contribution >= 4 is 0 Å². The number of rotatable bonds is 3. The van der Waals surface area contributed by atoms with Gasteiger partial charge in [-0.2, -0.15) is 0 Å². The third-order valence-electron chi connectivity index (χ3n) is 2.17. The molecule has 0 rings (SSSR count). The van der Waals surface area contributed by atoms with Gasteiger partial charge in [0.05, 0.1) is 0 Å². The molecule has 2 unspecified atom stereocenters. The molecule has 0 aliphatic carbocycles. The average Bonchev–Trinajstić information content (AvgIpc) is 1.85. The van der Waals surface area contributed by atoms with Crippen molar-refractivity contribution in [1.82, 2.24) is 0 Å². The second kappa shape index (κ2) is 4.07. The van der Waals surface area contributed by atoms with Crippen LogP contribution in [0.1, 0.15) is 34.1 Å². The Bertz CT molecular complexity index is 105. The highest BCUT2D eigenvalue weighted by Crippen LogP contribution is 2.22. The Hall–Kier alpha value is -0.0800. The summed E-state index contributed by atoms with van der Waals surface area (Å²) in [5.74, 6) is 0.546. The summed E-state index contributed by atoms with van der Waals surface area (Å²) in [6.07, 6.45) is 1.03. The Kier molecular flexibility index (Phi) is 4.04. The van der Waals surface area contributed by atoms with Gasteiger partial charge in [-0.15, -0.1) is 0 Å². The van der Waals surface area contributed by atoms with Gasteiger partial charge in [-0.3, -0.25) is 0 Å². The zero-order chi connectivity index (χ0) is 9.07. The third kappa shape index (κ3) is 4.38. The standard InChI is InChI=1S/C9H22N2/c1-7(6-10)5-8(11)9(2,3)4/h7-8H,5-6,10-11H2,1-4H3. The Morgan fingerprint density at radius 2 is 1.73 bits per heavy atom. The molecule has 0 saturated heterocycles. The van der Waals surface area contributed by atoms with Crippen LogP contribution in [0.15, 0.2) is 0 Å². The summed E-state index contributed by atoms with van der Waals surface area (Å²) in [6.45, 7) is 9.39. The van der Waals surface area contributed by atoms with Crippen LogP contribution in [0.2, 0.25) is 0 Å². The fourth-order valence-corrected chi connectivity index (χ4v) is 0.883. The predicted octanol–water partition coefficient (Wildman–Crippen LogP) is 1.34. The zero-order valence-electron chi connectivity index (χ0n) is 8.22. The van der Waals surface area contributed by atoms with E-state index in [0.29, 0.717) is 5.92 Å². The van der Waals surface area contributed by atoms with Crippen LogP contribution in [0.3, 0.4) is 0 Å². The van der Waals surface area contributed by atoms with E-state index in [9.17, 15) is 0 Å². The largest absolute Gasteiger partial charge is 0.330 e. The van der Waals surface area contributed by atoms with Gasteiger partial charge < -0.3 is 11.5 Å². The Labute approximate surface area is 70.3 Å². The first-order valence-corrected chi connectivity index (χ1v) is 4.33. The highest BCUT2D eigenvalue weighted by atomic mass is 14.7. The zero-order valence-corrected chi connectivity index (χ0v) is 8.22. The van der Waals surface area contributed by atoms with Crippen molar-refractivity contribution in [3.8, 4) is 0 Å². The lowest BCUT2D eigenvalue weighted by Gasteiger charge is -2.28. The van der Waals surface area contributed by atoms with Crippen LogP contribution < -0.4 is 11.5 Å². The van der Waals surface area contributed by atoms with Crippen LogP contribution >= 0.6 is 0 Å². The fourth-order valence-electron chi connectivity index (χ4n) is 0.883. The Morgan fingerprint density at radius 1 is 1.27 bits per heavy atom. The average molecular weight is 158 g/mol. The maximum absolute atomic E-state index is 5.97. The molecule has 0 aromatic rings. The molecule has 0 spiro atoms. The Morgan fingerprint density at radius 3 is 2.00 bits per heavy atom. The molecule has 2 heteroatoms. The first-order chi connectivity index (χ1) is 4.88. The van der Waals surface area contributed by atoms with Crippen molar-refractivity contribution in [2.45, 2.75) is 40.2 Å². The lowest BCUT2D eigenvalue weighted by molar-refractivity contribution is 0.277. The van der Waals surface area contributed by atoms with Gasteiger partial charge in [-0.25, -0.2) is 0 Å². The van der Waals surface area contributed by atoms with Gasteiger partial charge in [-0.05, 0) is 24.3 Å². The van der Waals surface area contributed by atoms with Crippen molar-refractivity contribution in [1.29, 1.82) is 0 Å². The molecule has 0 fully saturated rings. The molecule has 0 bridgehead atoms. The molecule has 0 aliphatic heterocycles. The lowest BCUT2D eigenvalue weighted by atomic mass is 9.82. The molecule has 0 radical (unpaired) electrons. The van der Waals surface area contributed by atoms with E-state index in [1.807, 2.05) is 0 Å². The van der Waals surface area contributed by atoms with Crippen LogP contribution in [0, 0.1) is 11.3 Å². The summed E-state index contributed by atoms with van der Waals surface area (Å²) in [6, 6.07) is 0.265. The molecule has 11 heavy (non-hydrogen) atoms. The molecule has 2 nitrogen and oxygen atoms in total. The monoisotopic (exact) mass is 158 g/mol. The van der Waals surface area contributed by atoms with E-state index in [1.165, 1.54) is 0 Å². The highest BCUT2D eigenvalue weighted by molar-refractivity contribution is 4.78. The molecule has 0 aliphatic rings. The minimum Gasteiger partial charge on any atom is -0.330 e. The predicted molar refractivity (Wildman–Crippen MR) is 50.3 cm³/mol. The first-order valence-electron chi connectivity index (χ1n) is 4.33. The van der Waals surface area contributed by atoms with Gasteiger partial charge in [0, 0.05) is 6.04 Å². The molecule has 0 aromatic carbocycles. The molecular formula is C9H22N2. The second-order valence-corrected chi connectivity index (χ2v) is 4.55. The molecule has 4 N–H and O–H groups in total. The van der Waals surface area contributed by atoms with Crippen LogP contribution in [-0.2, 0) is 0 Å². The van der Waals surface area contributed by atoms with E-state index < -0.39 is 0 Å². The van der Waals surface area contributed by atoms with E-state index in [4.69, 9.17) is 11.5 Å². The van der Waals surface area contributed by atoms with Crippen LogP contribution in [-0.4, -0.2) is 12.6 Å². The minimum atomic E-state index is 0.212. The summed E-state index contributed by atoms with van der Waals surface area (Å²) in [5, 5.41) is 0. The SMILES string of the molecule is CC(CN)CC(N)C(C)(C)C. The van der Waals surface area contributed by atoms with Gasteiger partial charge in [0.15, 0.2) is 0 Å². The molecule has 68 valence electrons. The van der Waals surface area contributed by atoms with Crippen molar-refractivity contribution in [3.63, 3.8) is 0 Å². The highest BCUT2D eigenvalue weighted by Gasteiger charge is 2.21. The number of nitrogens with two attached hydrogens (primary N) is 2. The molecule has 2 atom stereocenters. The van der Waals surface area contributed by atoms with E-state index >= 15 is 0 Å². The molecule has 0 saturated carbocycles. The number of hydrogen-bond donors (Lipinski definition) is 2. The minimum absolute atomic E-state index is 0.212. The molecule has 0 heterocycles. The third-order valence-corrected chi connectivity index (χ3v) is 2.17. The maximum atomic E-state index is 5.97. The smallest absolute Gasteiger partial charge is 0.00906 e. The van der Waals surface area contributed by atoms with E-state index in [1.54, 1.807) is 0 Å². The van der Waals surface area contributed by atoms with Gasteiger partial charge in [0.1, 0.15) is 0 Å². The molecular weight excluding hydrogens is 136 g/mol. The van der Waals surface area contributed by atoms with Gasteiger partial charge in [0.2, 0.25) is 0 Å². The summed E-state index contributed by atoms with van der Waals surface area (Å²) < 4.78 is 0. The van der Waals surface area contributed by atoms with E-state index in [-0.39, 0.29) is 11.5 Å². The number of hydrogen-bond acceptors (Lipinski definition) is 2. The molecule has 0 amide bonds. The van der Waals surface area contributed by atoms with E-state index in [2.05, 4.69) is 27.7 Å².